The monoisotopic (exact) mass is 389 g/mol. The van der Waals surface area contributed by atoms with Crippen molar-refractivity contribution in [3.05, 3.63) is 12.2 Å². The predicted octanol–water partition coefficient (Wildman–Crippen LogP) is 3.31. The van der Waals surface area contributed by atoms with Gasteiger partial charge in [0.05, 0.1) is 0 Å². The number of halogens is 1. The smallest absolute Gasteiger partial charge is 0.191 e. The number of nitrogens with zero attached hydrogens (tertiary/aromatic N) is 1. The van der Waals surface area contributed by atoms with Crippen molar-refractivity contribution >= 4 is 29.9 Å². The third-order valence-electron chi connectivity index (χ3n) is 5.26. The lowest BCUT2D eigenvalue weighted by Gasteiger charge is -2.23. The Bertz CT molecular complexity index is 359. The summed E-state index contributed by atoms with van der Waals surface area (Å²) in [6, 6.07) is 0.550. The lowest BCUT2D eigenvalue weighted by Crippen LogP contribution is -2.43. The van der Waals surface area contributed by atoms with Crippen molar-refractivity contribution in [1.29, 1.82) is 0 Å². The van der Waals surface area contributed by atoms with E-state index in [1.54, 1.807) is 0 Å². The minimum absolute atomic E-state index is 0. The fourth-order valence-electron chi connectivity index (χ4n) is 4.23. The molecule has 3 unspecified atom stereocenters. The van der Waals surface area contributed by atoms with E-state index in [0.717, 1.165) is 43.1 Å². The molecule has 4 heteroatoms. The molecule has 3 nitrogen and oxygen atoms in total. The number of hydrogen-bond donors (Lipinski definition) is 2. The molecular weight excluding hydrogens is 361 g/mol. The van der Waals surface area contributed by atoms with E-state index in [1.807, 2.05) is 7.05 Å². The third kappa shape index (κ3) is 3.89. The van der Waals surface area contributed by atoms with Crippen LogP contribution in [0, 0.1) is 17.8 Å². The first-order chi connectivity index (χ1) is 9.35. The number of hydrogen-bond acceptors (Lipinski definition) is 1. The zero-order valence-electron chi connectivity index (χ0n) is 12.5. The summed E-state index contributed by atoms with van der Waals surface area (Å²) in [7, 11) is 1.87. The molecule has 2 saturated carbocycles. The quantitative estimate of drug-likeness (QED) is 0.335. The molecule has 0 aliphatic heterocycles. The van der Waals surface area contributed by atoms with Gasteiger partial charge in [-0.3, -0.25) is 4.99 Å². The summed E-state index contributed by atoms with van der Waals surface area (Å²) >= 11 is 0. The van der Waals surface area contributed by atoms with E-state index in [1.165, 1.54) is 32.1 Å². The van der Waals surface area contributed by atoms with Gasteiger partial charge in [-0.05, 0) is 56.3 Å². The van der Waals surface area contributed by atoms with Crippen LogP contribution in [0.1, 0.15) is 44.9 Å². The fraction of sp³-hybridized carbons (Fsp3) is 0.812. The normalized spacial score (nSPS) is 32.5. The van der Waals surface area contributed by atoms with Crippen LogP contribution < -0.4 is 10.6 Å². The highest BCUT2D eigenvalue weighted by Crippen LogP contribution is 2.49. The van der Waals surface area contributed by atoms with Crippen molar-refractivity contribution < 1.29 is 0 Å². The number of aliphatic imine (C=N–C) groups is 1. The Balaban J connectivity index is 0.00000147. The first-order valence-corrected chi connectivity index (χ1v) is 7.97. The number of guanidine groups is 1. The molecule has 3 aliphatic rings. The Hall–Kier alpha value is -0.260. The molecule has 3 rings (SSSR count). The minimum atomic E-state index is 0. The van der Waals surface area contributed by atoms with Crippen molar-refractivity contribution in [2.24, 2.45) is 22.7 Å². The SMILES string of the molecule is CN=C(NCCC1CC2CCC1C2)NC1CC=CC1.I. The molecule has 0 spiro atoms. The van der Waals surface area contributed by atoms with E-state index in [9.17, 15) is 0 Å². The van der Waals surface area contributed by atoms with Crippen molar-refractivity contribution in [2.75, 3.05) is 13.6 Å². The van der Waals surface area contributed by atoms with Crippen LogP contribution in [-0.4, -0.2) is 25.6 Å². The number of rotatable bonds is 4. The average Bonchev–Trinajstić information content (AvgIpc) is 3.14. The van der Waals surface area contributed by atoms with Crippen LogP contribution >= 0.6 is 24.0 Å². The topological polar surface area (TPSA) is 36.4 Å². The van der Waals surface area contributed by atoms with E-state index >= 15 is 0 Å². The minimum Gasteiger partial charge on any atom is -0.356 e. The highest BCUT2D eigenvalue weighted by Gasteiger charge is 2.38. The van der Waals surface area contributed by atoms with Crippen LogP contribution in [0.5, 0.6) is 0 Å². The maximum atomic E-state index is 4.33. The van der Waals surface area contributed by atoms with Crippen molar-refractivity contribution in [3.8, 4) is 0 Å². The summed E-state index contributed by atoms with van der Waals surface area (Å²) in [6.07, 6.45) is 14.1. The summed E-state index contributed by atoms with van der Waals surface area (Å²) in [4.78, 5) is 4.33. The fourth-order valence-corrected chi connectivity index (χ4v) is 4.23. The van der Waals surface area contributed by atoms with Crippen molar-refractivity contribution in [3.63, 3.8) is 0 Å². The third-order valence-corrected chi connectivity index (χ3v) is 5.26. The van der Waals surface area contributed by atoms with E-state index in [0.29, 0.717) is 6.04 Å². The molecule has 0 aromatic carbocycles. The van der Waals surface area contributed by atoms with Gasteiger partial charge in [-0.2, -0.15) is 0 Å². The van der Waals surface area contributed by atoms with Gasteiger partial charge in [-0.15, -0.1) is 24.0 Å². The van der Waals surface area contributed by atoms with Gasteiger partial charge in [0.1, 0.15) is 0 Å². The highest BCUT2D eigenvalue weighted by molar-refractivity contribution is 14.0. The summed E-state index contributed by atoms with van der Waals surface area (Å²) < 4.78 is 0. The summed E-state index contributed by atoms with van der Waals surface area (Å²) in [5.74, 6) is 4.08. The van der Waals surface area contributed by atoms with Gasteiger partial charge in [0.25, 0.3) is 0 Å². The maximum Gasteiger partial charge on any atom is 0.191 e. The number of fused-ring (bicyclic) bond motifs is 2. The van der Waals surface area contributed by atoms with Crippen LogP contribution in [0.3, 0.4) is 0 Å². The molecule has 114 valence electrons. The Morgan fingerprint density at radius 1 is 1.20 bits per heavy atom. The van der Waals surface area contributed by atoms with Crippen molar-refractivity contribution in [2.45, 2.75) is 51.0 Å². The zero-order chi connectivity index (χ0) is 13.1. The predicted molar refractivity (Wildman–Crippen MR) is 95.6 cm³/mol. The van der Waals surface area contributed by atoms with Crippen molar-refractivity contribution in [1.82, 2.24) is 10.6 Å². The Morgan fingerprint density at radius 2 is 2.00 bits per heavy atom. The van der Waals surface area contributed by atoms with Gasteiger partial charge in [-0.25, -0.2) is 0 Å². The largest absolute Gasteiger partial charge is 0.356 e. The van der Waals surface area contributed by atoms with Crippen LogP contribution in [-0.2, 0) is 0 Å². The molecule has 0 aromatic rings. The molecule has 0 radical (unpaired) electrons. The number of nitrogens with one attached hydrogen (secondary N) is 2. The molecule has 0 saturated heterocycles. The van der Waals surface area contributed by atoms with Gasteiger partial charge in [0.2, 0.25) is 0 Å². The molecular formula is C16H28IN3. The molecule has 0 aromatic heterocycles. The Kier molecular flexibility index (Phi) is 6.18. The van der Waals surface area contributed by atoms with Crippen LogP contribution in [0.15, 0.2) is 17.1 Å². The molecule has 2 fully saturated rings. The highest BCUT2D eigenvalue weighted by atomic mass is 127. The molecule has 3 atom stereocenters. The summed E-state index contributed by atoms with van der Waals surface area (Å²) in [5.41, 5.74) is 0. The van der Waals surface area contributed by atoms with Gasteiger partial charge >= 0.3 is 0 Å². The summed E-state index contributed by atoms with van der Waals surface area (Å²) in [5, 5.41) is 7.00. The second-order valence-electron chi connectivity index (χ2n) is 6.51. The van der Waals surface area contributed by atoms with E-state index < -0.39 is 0 Å². The lowest BCUT2D eigenvalue weighted by molar-refractivity contribution is 0.315. The van der Waals surface area contributed by atoms with Gasteiger partial charge in [-0.1, -0.05) is 18.6 Å². The second kappa shape index (κ2) is 7.66. The first-order valence-electron chi connectivity index (χ1n) is 7.97. The lowest BCUT2D eigenvalue weighted by atomic mass is 9.86. The Labute approximate surface area is 140 Å². The van der Waals surface area contributed by atoms with Crippen LogP contribution in [0.2, 0.25) is 0 Å². The second-order valence-corrected chi connectivity index (χ2v) is 6.51. The zero-order valence-corrected chi connectivity index (χ0v) is 14.8. The standard InChI is InChI=1S/C16H27N3.HI/c1-17-16(19-15-4-2-3-5-15)18-9-8-14-11-12-6-7-13(14)10-12;/h2-3,12-15H,4-11H2,1H3,(H2,17,18,19);1H. The van der Waals surface area contributed by atoms with Gasteiger partial charge < -0.3 is 10.6 Å². The first kappa shape index (κ1) is 16.1. The molecule has 0 amide bonds. The van der Waals surface area contributed by atoms with Crippen LogP contribution in [0.25, 0.3) is 0 Å². The van der Waals surface area contributed by atoms with E-state index in [2.05, 4.69) is 27.8 Å². The molecule has 3 aliphatic carbocycles. The molecule has 0 heterocycles. The molecule has 20 heavy (non-hydrogen) atoms. The van der Waals surface area contributed by atoms with E-state index in [-0.39, 0.29) is 24.0 Å². The van der Waals surface area contributed by atoms with E-state index in [4.69, 9.17) is 0 Å². The maximum absolute atomic E-state index is 4.33. The Morgan fingerprint density at radius 3 is 2.60 bits per heavy atom. The molecule has 2 bridgehead atoms. The average molecular weight is 389 g/mol. The summed E-state index contributed by atoms with van der Waals surface area (Å²) in [6.45, 7) is 1.08. The van der Waals surface area contributed by atoms with Gasteiger partial charge in [0.15, 0.2) is 5.96 Å². The van der Waals surface area contributed by atoms with Crippen LogP contribution in [0.4, 0.5) is 0 Å². The molecule has 2 N–H and O–H groups in total. The van der Waals surface area contributed by atoms with Gasteiger partial charge in [0, 0.05) is 19.6 Å².